The summed E-state index contributed by atoms with van der Waals surface area (Å²) in [5, 5.41) is 0. The number of hydrogen-bond acceptors (Lipinski definition) is 0. The van der Waals surface area contributed by atoms with E-state index in [4.69, 9.17) is 0 Å². The van der Waals surface area contributed by atoms with Crippen molar-refractivity contribution in [3.63, 3.8) is 0 Å². The molecule has 0 aromatic rings. The summed E-state index contributed by atoms with van der Waals surface area (Å²) in [5.41, 5.74) is 0. The summed E-state index contributed by atoms with van der Waals surface area (Å²) in [6, 6.07) is 0. The molecule has 0 heterocycles. The Morgan fingerprint density at radius 2 is 1.41 bits per heavy atom. The molecule has 0 N–H and O–H groups in total. The summed E-state index contributed by atoms with van der Waals surface area (Å²) in [6.07, 6.45) is 5.22. The van der Waals surface area contributed by atoms with Crippen molar-refractivity contribution in [1.82, 2.24) is 0 Å². The Kier molecular flexibility index (Phi) is 6.35. The van der Waals surface area contributed by atoms with Gasteiger partial charge in [-0.25, -0.2) is 0 Å². The lowest BCUT2D eigenvalue weighted by atomic mass is 9.78. The average molecular weight is 250 g/mol. The van der Waals surface area contributed by atoms with Gasteiger partial charge in [-0.2, -0.15) is 13.2 Å². The highest BCUT2D eigenvalue weighted by atomic mass is 19.4. The first-order chi connectivity index (χ1) is 8.01. The monoisotopic (exact) mass is 250 g/mol. The van der Waals surface area contributed by atoms with Crippen LogP contribution in [0, 0.1) is 11.8 Å². The highest BCUT2D eigenvalue weighted by molar-refractivity contribution is 4.72. The molecule has 1 fully saturated rings. The van der Waals surface area contributed by atoms with Crippen molar-refractivity contribution >= 4 is 0 Å². The van der Waals surface area contributed by atoms with Crippen LogP contribution in [-0.2, 0) is 0 Å². The van der Waals surface area contributed by atoms with Crippen molar-refractivity contribution in [2.75, 3.05) is 0 Å². The maximum atomic E-state index is 12.0. The topological polar surface area (TPSA) is 0 Å². The molecule has 17 heavy (non-hydrogen) atoms. The minimum Gasteiger partial charge on any atom is -0.171 e. The van der Waals surface area contributed by atoms with Crippen LogP contribution < -0.4 is 0 Å². The molecule has 0 nitrogen and oxygen atoms in total. The van der Waals surface area contributed by atoms with E-state index < -0.39 is 12.6 Å². The number of alkyl halides is 3. The van der Waals surface area contributed by atoms with Crippen molar-refractivity contribution in [2.45, 2.75) is 77.3 Å². The fourth-order valence-electron chi connectivity index (χ4n) is 2.98. The second-order valence-corrected chi connectivity index (χ2v) is 5.54. The van der Waals surface area contributed by atoms with Crippen LogP contribution in [0.4, 0.5) is 13.2 Å². The van der Waals surface area contributed by atoms with Gasteiger partial charge in [-0.3, -0.25) is 0 Å². The zero-order valence-corrected chi connectivity index (χ0v) is 10.9. The fraction of sp³-hybridized carbons (Fsp3) is 1.00. The number of halogens is 3. The fourth-order valence-corrected chi connectivity index (χ4v) is 2.98. The van der Waals surface area contributed by atoms with Crippen molar-refractivity contribution in [3.8, 4) is 0 Å². The lowest BCUT2D eigenvalue weighted by Crippen LogP contribution is -2.14. The van der Waals surface area contributed by atoms with Gasteiger partial charge in [0.15, 0.2) is 0 Å². The molecule has 0 amide bonds. The van der Waals surface area contributed by atoms with Crippen molar-refractivity contribution in [2.24, 2.45) is 11.8 Å². The van der Waals surface area contributed by atoms with E-state index >= 15 is 0 Å². The first kappa shape index (κ1) is 14.8. The second kappa shape index (κ2) is 7.27. The van der Waals surface area contributed by atoms with Gasteiger partial charge in [-0.1, -0.05) is 58.3 Å². The summed E-state index contributed by atoms with van der Waals surface area (Å²) < 4.78 is 35.9. The Morgan fingerprint density at radius 1 is 0.882 bits per heavy atom. The molecule has 0 atom stereocenters. The van der Waals surface area contributed by atoms with Crippen LogP contribution in [0.5, 0.6) is 0 Å². The third-order valence-corrected chi connectivity index (χ3v) is 3.99. The smallest absolute Gasteiger partial charge is 0.171 e. The van der Waals surface area contributed by atoms with E-state index in [9.17, 15) is 13.2 Å². The maximum absolute atomic E-state index is 12.0. The van der Waals surface area contributed by atoms with Crippen molar-refractivity contribution < 1.29 is 13.2 Å². The zero-order chi connectivity index (χ0) is 12.7. The van der Waals surface area contributed by atoms with Gasteiger partial charge >= 0.3 is 6.18 Å². The van der Waals surface area contributed by atoms with Crippen LogP contribution >= 0.6 is 0 Å². The summed E-state index contributed by atoms with van der Waals surface area (Å²) >= 11 is 0. The molecule has 0 radical (unpaired) electrons. The standard InChI is InChI=1S/C14H25F3/c1-2-5-12-7-9-13(10-8-12)6-3-4-11-14(15,16)17/h12-13H,2-11H2,1H3. The Labute approximate surface area is 103 Å². The van der Waals surface area contributed by atoms with Gasteiger partial charge in [-0.05, 0) is 18.3 Å². The van der Waals surface area contributed by atoms with E-state index in [0.29, 0.717) is 12.3 Å². The van der Waals surface area contributed by atoms with Crippen LogP contribution in [-0.4, -0.2) is 6.18 Å². The van der Waals surface area contributed by atoms with Gasteiger partial charge in [0.25, 0.3) is 0 Å². The molecule has 0 unspecified atom stereocenters. The molecule has 0 saturated heterocycles. The second-order valence-electron chi connectivity index (χ2n) is 5.54. The van der Waals surface area contributed by atoms with Gasteiger partial charge in [-0.15, -0.1) is 0 Å². The predicted molar refractivity (Wildman–Crippen MR) is 64.9 cm³/mol. The minimum absolute atomic E-state index is 0.318. The Hall–Kier alpha value is -0.210. The highest BCUT2D eigenvalue weighted by Gasteiger charge is 2.26. The number of rotatable bonds is 6. The largest absolute Gasteiger partial charge is 0.389 e. The van der Waals surface area contributed by atoms with Crippen LogP contribution in [0.2, 0.25) is 0 Å². The van der Waals surface area contributed by atoms with Crippen molar-refractivity contribution in [1.29, 1.82) is 0 Å². The van der Waals surface area contributed by atoms with Crippen LogP contribution in [0.25, 0.3) is 0 Å². The molecule has 1 saturated carbocycles. The molecular weight excluding hydrogens is 225 g/mol. The van der Waals surface area contributed by atoms with E-state index in [-0.39, 0.29) is 0 Å². The summed E-state index contributed by atoms with van der Waals surface area (Å²) in [7, 11) is 0. The van der Waals surface area contributed by atoms with Gasteiger partial charge < -0.3 is 0 Å². The Balaban J connectivity index is 2.02. The van der Waals surface area contributed by atoms with Gasteiger partial charge in [0.2, 0.25) is 0 Å². The summed E-state index contributed by atoms with van der Waals surface area (Å²) in [5.74, 6) is 1.60. The molecule has 1 rings (SSSR count). The first-order valence-electron chi connectivity index (χ1n) is 7.08. The van der Waals surface area contributed by atoms with Crippen LogP contribution in [0.1, 0.15) is 71.1 Å². The predicted octanol–water partition coefficient (Wildman–Crippen LogP) is 5.72. The maximum Gasteiger partial charge on any atom is 0.389 e. The van der Waals surface area contributed by atoms with Gasteiger partial charge in [0.1, 0.15) is 0 Å². The highest BCUT2D eigenvalue weighted by Crippen LogP contribution is 2.34. The molecule has 0 aromatic heterocycles. The molecule has 0 bridgehead atoms. The third kappa shape index (κ3) is 6.95. The molecular formula is C14H25F3. The lowest BCUT2D eigenvalue weighted by molar-refractivity contribution is -0.135. The SMILES string of the molecule is CCCC1CCC(CCCCC(F)(F)F)CC1. The number of unbranched alkanes of at least 4 members (excludes halogenated alkanes) is 1. The first-order valence-corrected chi connectivity index (χ1v) is 7.08. The Bertz CT molecular complexity index is 190. The van der Waals surface area contributed by atoms with Gasteiger partial charge in [0, 0.05) is 6.42 Å². The molecule has 0 aromatic carbocycles. The zero-order valence-electron chi connectivity index (χ0n) is 10.9. The summed E-state index contributed by atoms with van der Waals surface area (Å²) in [4.78, 5) is 0. The molecule has 0 aliphatic heterocycles. The van der Waals surface area contributed by atoms with Crippen LogP contribution in [0.3, 0.4) is 0 Å². The number of hydrogen-bond donors (Lipinski definition) is 0. The van der Waals surface area contributed by atoms with Crippen LogP contribution in [0.15, 0.2) is 0 Å². The summed E-state index contributed by atoms with van der Waals surface area (Å²) in [6.45, 7) is 2.23. The average Bonchev–Trinajstić information content (AvgIpc) is 2.26. The molecule has 102 valence electrons. The lowest BCUT2D eigenvalue weighted by Gasteiger charge is -2.28. The van der Waals surface area contributed by atoms with E-state index in [1.165, 1.54) is 38.5 Å². The molecule has 1 aliphatic rings. The molecule has 0 spiro atoms. The Morgan fingerprint density at radius 3 is 1.88 bits per heavy atom. The molecule has 1 aliphatic carbocycles. The molecule has 3 heteroatoms. The van der Waals surface area contributed by atoms with E-state index in [0.717, 1.165) is 18.8 Å². The van der Waals surface area contributed by atoms with E-state index in [2.05, 4.69) is 6.92 Å². The third-order valence-electron chi connectivity index (χ3n) is 3.99. The normalized spacial score (nSPS) is 26.1. The minimum atomic E-state index is -3.96. The van der Waals surface area contributed by atoms with E-state index in [1.807, 2.05) is 0 Å². The van der Waals surface area contributed by atoms with Gasteiger partial charge in [0.05, 0.1) is 0 Å². The van der Waals surface area contributed by atoms with E-state index in [1.54, 1.807) is 0 Å². The van der Waals surface area contributed by atoms with Crippen molar-refractivity contribution in [3.05, 3.63) is 0 Å². The quantitative estimate of drug-likeness (QED) is 0.529.